The minimum absolute atomic E-state index is 0.0890. The van der Waals surface area contributed by atoms with E-state index in [-0.39, 0.29) is 24.3 Å². The Labute approximate surface area is 193 Å². The second-order valence-electron chi connectivity index (χ2n) is 8.38. The van der Waals surface area contributed by atoms with Gasteiger partial charge in [-0.05, 0) is 42.7 Å². The van der Waals surface area contributed by atoms with E-state index in [2.05, 4.69) is 0 Å². The number of hydrogen-bond acceptors (Lipinski definition) is 5. The molecule has 1 atom stereocenters. The van der Waals surface area contributed by atoms with E-state index >= 15 is 0 Å². The molecule has 0 radical (unpaired) electrons. The molecule has 3 amide bonds. The van der Waals surface area contributed by atoms with Gasteiger partial charge >= 0.3 is 0 Å². The normalized spacial score (nSPS) is 18.6. The van der Waals surface area contributed by atoms with Crippen LogP contribution in [0, 0.1) is 5.92 Å². The predicted octanol–water partition coefficient (Wildman–Crippen LogP) is 2.08. The van der Waals surface area contributed by atoms with Crippen LogP contribution in [0.4, 0.5) is 0 Å². The molecule has 2 heterocycles. The summed E-state index contributed by atoms with van der Waals surface area (Å²) in [6.45, 7) is 3.64. The van der Waals surface area contributed by atoms with Crippen LogP contribution in [-0.4, -0.2) is 66.9 Å². The molecule has 0 bridgehead atoms. The lowest BCUT2D eigenvalue weighted by molar-refractivity contribution is -0.141. The summed E-state index contributed by atoms with van der Waals surface area (Å²) >= 11 is 0. The van der Waals surface area contributed by atoms with Crippen molar-refractivity contribution in [2.24, 2.45) is 11.7 Å². The van der Waals surface area contributed by atoms with Gasteiger partial charge in [0.25, 0.3) is 11.8 Å². The maximum absolute atomic E-state index is 13.2. The van der Waals surface area contributed by atoms with Crippen LogP contribution in [0.15, 0.2) is 48.5 Å². The van der Waals surface area contributed by atoms with Crippen molar-refractivity contribution in [1.29, 1.82) is 0 Å². The summed E-state index contributed by atoms with van der Waals surface area (Å²) in [4.78, 5) is 41.3. The summed E-state index contributed by atoms with van der Waals surface area (Å²) in [5.41, 5.74) is 7.08. The van der Waals surface area contributed by atoms with E-state index in [4.69, 9.17) is 15.2 Å². The Morgan fingerprint density at radius 1 is 1.00 bits per heavy atom. The van der Waals surface area contributed by atoms with Crippen molar-refractivity contribution in [1.82, 2.24) is 9.80 Å². The van der Waals surface area contributed by atoms with Crippen LogP contribution >= 0.6 is 0 Å². The van der Waals surface area contributed by atoms with Gasteiger partial charge in [-0.2, -0.15) is 0 Å². The quantitative estimate of drug-likeness (QED) is 0.725. The van der Waals surface area contributed by atoms with Gasteiger partial charge in [0.15, 0.2) is 0 Å². The maximum Gasteiger partial charge on any atom is 0.253 e. The molecule has 2 N–H and O–H groups in total. The molecule has 174 valence electrons. The molecule has 4 rings (SSSR count). The number of rotatable bonds is 6. The first-order chi connectivity index (χ1) is 16.0. The molecule has 0 aromatic heterocycles. The van der Waals surface area contributed by atoms with Gasteiger partial charge in [-0.3, -0.25) is 14.4 Å². The van der Waals surface area contributed by atoms with Crippen LogP contribution in [0.3, 0.4) is 0 Å². The number of hydrogen-bond donors (Lipinski definition) is 1. The first kappa shape index (κ1) is 22.8. The minimum Gasteiger partial charge on any atom is -0.488 e. The number of primary amides is 1. The number of benzene rings is 2. The van der Waals surface area contributed by atoms with E-state index in [1.54, 1.807) is 41.3 Å². The zero-order chi connectivity index (χ0) is 23.2. The predicted molar refractivity (Wildman–Crippen MR) is 122 cm³/mol. The molecule has 2 aliphatic rings. The van der Waals surface area contributed by atoms with Crippen LogP contribution in [0.5, 0.6) is 5.75 Å². The van der Waals surface area contributed by atoms with Crippen LogP contribution in [0.25, 0.3) is 0 Å². The Kier molecular flexibility index (Phi) is 7.24. The molecule has 8 heteroatoms. The Bertz CT molecular complexity index is 1020. The number of nitrogens with two attached hydrogens (primary N) is 1. The highest BCUT2D eigenvalue weighted by molar-refractivity contribution is 5.96. The van der Waals surface area contributed by atoms with E-state index in [1.165, 1.54) is 0 Å². The molecule has 33 heavy (non-hydrogen) atoms. The van der Waals surface area contributed by atoms with Crippen molar-refractivity contribution in [2.45, 2.75) is 19.4 Å². The molecule has 2 saturated heterocycles. The number of nitrogens with zero attached hydrogens (tertiary/aromatic N) is 2. The molecular weight excluding hydrogens is 422 g/mol. The second kappa shape index (κ2) is 10.5. The van der Waals surface area contributed by atoms with E-state index in [0.29, 0.717) is 56.3 Å². The van der Waals surface area contributed by atoms with E-state index in [1.807, 2.05) is 17.0 Å². The SMILES string of the molecule is NC(=O)c1ccccc1OCc1cccc(C(=O)N2CCCC(C(=O)N3CCOCC3)C2)c1. The van der Waals surface area contributed by atoms with Crippen LogP contribution in [0.2, 0.25) is 0 Å². The van der Waals surface area contributed by atoms with E-state index in [9.17, 15) is 14.4 Å². The Hall–Kier alpha value is -3.39. The lowest BCUT2D eigenvalue weighted by atomic mass is 9.95. The Morgan fingerprint density at radius 2 is 1.79 bits per heavy atom. The average molecular weight is 452 g/mol. The number of carbonyl (C=O) groups is 3. The largest absolute Gasteiger partial charge is 0.488 e. The van der Waals surface area contributed by atoms with E-state index < -0.39 is 5.91 Å². The number of morpholine rings is 1. The standard InChI is InChI=1S/C25H29N3O5/c26-23(29)21-8-1-2-9-22(21)33-17-18-5-3-6-19(15-18)24(30)28-10-4-7-20(16-28)25(31)27-11-13-32-14-12-27/h1-3,5-6,8-9,15,20H,4,7,10-14,16-17H2,(H2,26,29). The number of piperidine rings is 1. The summed E-state index contributed by atoms with van der Waals surface area (Å²) < 4.78 is 11.1. The number of carbonyl (C=O) groups excluding carboxylic acids is 3. The van der Waals surface area contributed by atoms with Gasteiger partial charge in [0, 0.05) is 31.7 Å². The molecule has 0 aliphatic carbocycles. The molecule has 0 saturated carbocycles. The summed E-state index contributed by atoms with van der Waals surface area (Å²) in [5, 5.41) is 0. The maximum atomic E-state index is 13.2. The highest BCUT2D eigenvalue weighted by atomic mass is 16.5. The lowest BCUT2D eigenvalue weighted by Gasteiger charge is -2.36. The lowest BCUT2D eigenvalue weighted by Crippen LogP contribution is -2.49. The summed E-state index contributed by atoms with van der Waals surface area (Å²) in [6.07, 6.45) is 1.60. The first-order valence-electron chi connectivity index (χ1n) is 11.3. The highest BCUT2D eigenvalue weighted by Crippen LogP contribution is 2.23. The van der Waals surface area contributed by atoms with Crippen molar-refractivity contribution in [3.63, 3.8) is 0 Å². The second-order valence-corrected chi connectivity index (χ2v) is 8.38. The zero-order valence-electron chi connectivity index (χ0n) is 18.6. The van der Waals surface area contributed by atoms with E-state index in [0.717, 1.165) is 18.4 Å². The zero-order valence-corrected chi connectivity index (χ0v) is 18.6. The van der Waals surface area contributed by atoms with Crippen molar-refractivity contribution in [3.05, 3.63) is 65.2 Å². The third kappa shape index (κ3) is 5.51. The van der Waals surface area contributed by atoms with Gasteiger partial charge in [-0.15, -0.1) is 0 Å². The van der Waals surface area contributed by atoms with Crippen molar-refractivity contribution < 1.29 is 23.9 Å². The molecule has 0 spiro atoms. The van der Waals surface area contributed by atoms with Gasteiger partial charge < -0.3 is 25.0 Å². The van der Waals surface area contributed by atoms with Crippen LogP contribution in [0.1, 0.15) is 39.1 Å². The monoisotopic (exact) mass is 451 g/mol. The minimum atomic E-state index is -0.555. The van der Waals surface area contributed by atoms with Gasteiger partial charge in [-0.25, -0.2) is 0 Å². The first-order valence-corrected chi connectivity index (χ1v) is 11.3. The van der Waals surface area contributed by atoms with Crippen molar-refractivity contribution >= 4 is 17.7 Å². The van der Waals surface area contributed by atoms with Gasteiger partial charge in [0.05, 0.1) is 24.7 Å². The fourth-order valence-corrected chi connectivity index (χ4v) is 4.34. The fraction of sp³-hybridized carbons (Fsp3) is 0.400. The molecule has 2 aliphatic heterocycles. The molecule has 2 fully saturated rings. The molecule has 2 aromatic carbocycles. The molecule has 1 unspecified atom stereocenters. The Balaban J connectivity index is 1.40. The van der Waals surface area contributed by atoms with Gasteiger partial charge in [-0.1, -0.05) is 24.3 Å². The summed E-state index contributed by atoms with van der Waals surface area (Å²) in [6, 6.07) is 14.0. The summed E-state index contributed by atoms with van der Waals surface area (Å²) in [5.74, 6) is -0.291. The number of ether oxygens (including phenoxy) is 2. The molecule has 8 nitrogen and oxygen atoms in total. The van der Waals surface area contributed by atoms with Gasteiger partial charge in [0.2, 0.25) is 5.91 Å². The van der Waals surface area contributed by atoms with Crippen LogP contribution < -0.4 is 10.5 Å². The molecule has 2 aromatic rings. The number of amides is 3. The fourth-order valence-electron chi connectivity index (χ4n) is 4.34. The number of para-hydroxylation sites is 1. The average Bonchev–Trinajstić information content (AvgIpc) is 2.87. The summed E-state index contributed by atoms with van der Waals surface area (Å²) in [7, 11) is 0. The topological polar surface area (TPSA) is 102 Å². The highest BCUT2D eigenvalue weighted by Gasteiger charge is 2.32. The Morgan fingerprint density at radius 3 is 2.58 bits per heavy atom. The third-order valence-corrected chi connectivity index (χ3v) is 6.10. The molecular formula is C25H29N3O5. The van der Waals surface area contributed by atoms with Gasteiger partial charge in [0.1, 0.15) is 12.4 Å². The smallest absolute Gasteiger partial charge is 0.253 e. The number of likely N-dealkylation sites (tertiary alicyclic amines) is 1. The van der Waals surface area contributed by atoms with Crippen molar-refractivity contribution in [3.8, 4) is 5.75 Å². The van der Waals surface area contributed by atoms with Crippen molar-refractivity contribution in [2.75, 3.05) is 39.4 Å². The van der Waals surface area contributed by atoms with Crippen LogP contribution in [-0.2, 0) is 16.1 Å². The third-order valence-electron chi connectivity index (χ3n) is 6.10.